The summed E-state index contributed by atoms with van der Waals surface area (Å²) in [5.41, 5.74) is -2.04. The van der Waals surface area contributed by atoms with Gasteiger partial charge in [0.15, 0.2) is 0 Å². The van der Waals surface area contributed by atoms with Gasteiger partial charge in [-0.1, -0.05) is 0 Å². The van der Waals surface area contributed by atoms with Crippen LogP contribution < -0.4 is 4.72 Å². The molecule has 1 fully saturated rings. The molecule has 7 nitrogen and oxygen atoms in total. The summed E-state index contributed by atoms with van der Waals surface area (Å²) in [6.45, 7) is 7.78. The number of ether oxygens (including phenoxy) is 1. The summed E-state index contributed by atoms with van der Waals surface area (Å²) >= 11 is -1.55. The third-order valence-corrected chi connectivity index (χ3v) is 6.82. The van der Waals surface area contributed by atoms with Gasteiger partial charge in [-0.25, -0.2) is 4.39 Å². The number of nitro benzene ring substituents is 1. The molecule has 1 heterocycles. The number of nitrogens with zero attached hydrogens (tertiary/aromatic N) is 2. The van der Waals surface area contributed by atoms with Gasteiger partial charge in [-0.05, 0) is 53.0 Å². The lowest BCUT2D eigenvalue weighted by Gasteiger charge is -2.36. The third-order valence-electron chi connectivity index (χ3n) is 5.07. The first-order valence-corrected chi connectivity index (χ1v) is 10.2. The van der Waals surface area contributed by atoms with Crippen molar-refractivity contribution in [2.75, 3.05) is 13.2 Å². The monoisotopic (exact) mass is 411 g/mol. The molecule has 0 spiro atoms. The van der Waals surface area contributed by atoms with E-state index in [1.54, 1.807) is 27.7 Å². The van der Waals surface area contributed by atoms with Crippen molar-refractivity contribution in [2.45, 2.75) is 57.2 Å². The van der Waals surface area contributed by atoms with Gasteiger partial charge in [0.25, 0.3) is 5.69 Å². The first kappa shape index (κ1) is 22.6. The number of rotatable bonds is 7. The van der Waals surface area contributed by atoms with Gasteiger partial charge in [0, 0.05) is 35.7 Å². The Hall–Kier alpha value is -1.73. The maximum absolute atomic E-state index is 14.7. The molecule has 1 aliphatic heterocycles. The van der Waals surface area contributed by atoms with Gasteiger partial charge < -0.3 is 9.29 Å². The topological polar surface area (TPSA) is 111 Å². The Bertz CT molecular complexity index is 771. The molecule has 9 heteroatoms. The SMILES string of the molecule is CC(C)(C)[S+]([O-])N[C@@](C)(CC[C@]1(C#N)CCOC1)c1cc([N+](=O)[O-])ccc1F. The zero-order valence-corrected chi connectivity index (χ0v) is 17.4. The summed E-state index contributed by atoms with van der Waals surface area (Å²) in [7, 11) is 0. The quantitative estimate of drug-likeness (QED) is 0.416. The zero-order chi connectivity index (χ0) is 21.2. The summed E-state index contributed by atoms with van der Waals surface area (Å²) in [6, 6.07) is 5.62. The fraction of sp³-hybridized carbons (Fsp3) is 0.632. The second-order valence-electron chi connectivity index (χ2n) is 8.43. The summed E-state index contributed by atoms with van der Waals surface area (Å²) < 4.78 is 35.2. The van der Waals surface area contributed by atoms with Crippen molar-refractivity contribution in [3.63, 3.8) is 0 Å². The number of non-ortho nitro benzene ring substituents is 1. The van der Waals surface area contributed by atoms with Gasteiger partial charge >= 0.3 is 0 Å². The Morgan fingerprint density at radius 2 is 2.11 bits per heavy atom. The number of hydrogen-bond donors (Lipinski definition) is 1. The van der Waals surface area contributed by atoms with Crippen LogP contribution in [0.5, 0.6) is 0 Å². The van der Waals surface area contributed by atoms with Crippen LogP contribution in [0.2, 0.25) is 0 Å². The van der Waals surface area contributed by atoms with E-state index < -0.39 is 37.8 Å². The van der Waals surface area contributed by atoms with Crippen molar-refractivity contribution >= 4 is 17.0 Å². The van der Waals surface area contributed by atoms with Crippen LogP contribution in [0, 0.1) is 32.7 Å². The molecule has 0 radical (unpaired) electrons. The van der Waals surface area contributed by atoms with E-state index in [-0.39, 0.29) is 17.7 Å². The summed E-state index contributed by atoms with van der Waals surface area (Å²) in [5.74, 6) is -0.625. The van der Waals surface area contributed by atoms with E-state index >= 15 is 0 Å². The van der Waals surface area contributed by atoms with Crippen molar-refractivity contribution < 1.29 is 18.6 Å². The third kappa shape index (κ3) is 5.00. The molecule has 154 valence electrons. The molecule has 1 unspecified atom stereocenters. The fourth-order valence-electron chi connectivity index (χ4n) is 3.09. The Kier molecular flexibility index (Phi) is 6.71. The highest BCUT2D eigenvalue weighted by Gasteiger charge is 2.43. The minimum absolute atomic E-state index is 0.0614. The average Bonchev–Trinajstić information content (AvgIpc) is 3.09. The molecule has 0 saturated carbocycles. The van der Waals surface area contributed by atoms with E-state index in [1.807, 2.05) is 0 Å². The van der Waals surface area contributed by atoms with Crippen molar-refractivity contribution in [1.82, 2.24) is 4.72 Å². The van der Waals surface area contributed by atoms with Crippen molar-refractivity contribution in [3.8, 4) is 6.07 Å². The molecule has 1 saturated heterocycles. The van der Waals surface area contributed by atoms with E-state index in [0.717, 1.165) is 12.1 Å². The molecule has 3 atom stereocenters. The fourth-order valence-corrected chi connectivity index (χ4v) is 4.01. The Morgan fingerprint density at radius 3 is 2.61 bits per heavy atom. The molecule has 1 N–H and O–H groups in total. The Labute approximate surface area is 167 Å². The zero-order valence-electron chi connectivity index (χ0n) is 16.6. The van der Waals surface area contributed by atoms with Gasteiger partial charge in [0.05, 0.1) is 28.6 Å². The number of nitriles is 1. The lowest BCUT2D eigenvalue weighted by molar-refractivity contribution is -0.385. The summed E-state index contributed by atoms with van der Waals surface area (Å²) in [5, 5.41) is 20.8. The highest BCUT2D eigenvalue weighted by molar-refractivity contribution is 7.90. The van der Waals surface area contributed by atoms with Gasteiger partial charge in [-0.3, -0.25) is 10.1 Å². The van der Waals surface area contributed by atoms with Crippen molar-refractivity contribution in [3.05, 3.63) is 39.7 Å². The van der Waals surface area contributed by atoms with Crippen LogP contribution in [0.3, 0.4) is 0 Å². The number of nitrogens with one attached hydrogen (secondary N) is 1. The molecule has 28 heavy (non-hydrogen) atoms. The lowest BCUT2D eigenvalue weighted by atomic mass is 9.78. The predicted octanol–water partition coefficient (Wildman–Crippen LogP) is 3.71. The van der Waals surface area contributed by atoms with Crippen molar-refractivity contribution in [1.29, 1.82) is 5.26 Å². The van der Waals surface area contributed by atoms with E-state index in [2.05, 4.69) is 10.8 Å². The molecule has 1 aliphatic rings. The average molecular weight is 411 g/mol. The maximum Gasteiger partial charge on any atom is 0.269 e. The number of hydrogen-bond acceptors (Lipinski definition) is 6. The number of nitro groups is 1. The van der Waals surface area contributed by atoms with E-state index in [9.17, 15) is 24.3 Å². The Morgan fingerprint density at radius 1 is 1.43 bits per heavy atom. The van der Waals surface area contributed by atoms with Crippen molar-refractivity contribution in [2.24, 2.45) is 5.41 Å². The normalized spacial score (nSPS) is 23.0. The molecular weight excluding hydrogens is 385 g/mol. The van der Waals surface area contributed by atoms with Crippen LogP contribution >= 0.6 is 0 Å². The second-order valence-corrected chi connectivity index (χ2v) is 10.4. The molecule has 0 aliphatic carbocycles. The minimum Gasteiger partial charge on any atom is -0.598 e. The van der Waals surface area contributed by atoms with Crippen LogP contribution in [0.4, 0.5) is 10.1 Å². The second kappa shape index (κ2) is 8.33. The van der Waals surface area contributed by atoms with Crippen LogP contribution in [0.25, 0.3) is 0 Å². The van der Waals surface area contributed by atoms with Crippen LogP contribution in [-0.2, 0) is 21.6 Å². The maximum atomic E-state index is 14.7. The first-order chi connectivity index (χ1) is 12.9. The standard InChI is InChI=1S/C19H26FN3O4S/c1-17(2,3)28(26)22-18(4,7-8-19(12-21)9-10-27-13-19)15-11-14(23(24)25)5-6-16(15)20/h5-6,11,22H,7-10,13H2,1-4H3/t18-,19+,28?/m0/s1. The summed E-state index contributed by atoms with van der Waals surface area (Å²) in [6.07, 6.45) is 1.22. The van der Waals surface area contributed by atoms with Crippen LogP contribution in [0.15, 0.2) is 18.2 Å². The predicted molar refractivity (Wildman–Crippen MR) is 104 cm³/mol. The molecule has 0 bridgehead atoms. The lowest BCUT2D eigenvalue weighted by Crippen LogP contribution is -2.50. The Balaban J connectivity index is 2.43. The van der Waals surface area contributed by atoms with E-state index in [4.69, 9.17) is 4.74 Å². The molecular formula is C19H26FN3O4S. The van der Waals surface area contributed by atoms with Gasteiger partial charge in [0.2, 0.25) is 0 Å². The van der Waals surface area contributed by atoms with Crippen LogP contribution in [0.1, 0.15) is 52.5 Å². The van der Waals surface area contributed by atoms with Gasteiger partial charge in [-0.2, -0.15) is 5.26 Å². The number of halogens is 1. The van der Waals surface area contributed by atoms with Crippen LogP contribution in [-0.4, -0.2) is 27.4 Å². The van der Waals surface area contributed by atoms with Gasteiger partial charge in [-0.15, -0.1) is 4.72 Å². The molecule has 2 rings (SSSR count). The molecule has 0 aromatic heterocycles. The highest BCUT2D eigenvalue weighted by atomic mass is 32.2. The van der Waals surface area contributed by atoms with E-state index in [1.165, 1.54) is 6.07 Å². The number of benzene rings is 1. The molecule has 1 aromatic rings. The molecule has 1 aromatic carbocycles. The van der Waals surface area contributed by atoms with E-state index in [0.29, 0.717) is 26.1 Å². The molecule has 0 amide bonds. The smallest absolute Gasteiger partial charge is 0.269 e. The largest absolute Gasteiger partial charge is 0.598 e. The van der Waals surface area contributed by atoms with Gasteiger partial charge in [0.1, 0.15) is 10.6 Å². The summed E-state index contributed by atoms with van der Waals surface area (Å²) in [4.78, 5) is 10.6. The minimum atomic E-state index is -1.55. The first-order valence-electron chi connectivity index (χ1n) is 9.06. The highest BCUT2D eigenvalue weighted by Crippen LogP contribution is 2.40.